The van der Waals surface area contributed by atoms with Gasteiger partial charge in [-0.1, -0.05) is 37.3 Å². The van der Waals surface area contributed by atoms with Gasteiger partial charge in [-0.15, -0.1) is 0 Å². The molecular weight excluding hydrogens is 236 g/mol. The van der Waals surface area contributed by atoms with E-state index in [0.717, 1.165) is 31.6 Å². The molecule has 102 valence electrons. The lowest BCUT2D eigenvalue weighted by molar-refractivity contribution is 0.0974. The van der Waals surface area contributed by atoms with Crippen LogP contribution in [0.2, 0.25) is 0 Å². The highest BCUT2D eigenvalue weighted by molar-refractivity contribution is 5.95. The first-order valence-electron chi connectivity index (χ1n) is 6.87. The van der Waals surface area contributed by atoms with Crippen molar-refractivity contribution in [3.8, 4) is 6.07 Å². The van der Waals surface area contributed by atoms with Crippen molar-refractivity contribution in [2.75, 3.05) is 19.6 Å². The van der Waals surface area contributed by atoms with E-state index in [4.69, 9.17) is 5.26 Å². The molecule has 0 amide bonds. The fraction of sp³-hybridized carbons (Fsp3) is 0.500. The van der Waals surface area contributed by atoms with E-state index < -0.39 is 0 Å². The second-order valence-electron chi connectivity index (χ2n) is 4.82. The molecule has 19 heavy (non-hydrogen) atoms. The SMILES string of the molecule is CCN(CCCC(=O)c1ccccc1)CC(C)C#N. The molecule has 0 aliphatic rings. The van der Waals surface area contributed by atoms with Gasteiger partial charge in [0.25, 0.3) is 0 Å². The largest absolute Gasteiger partial charge is 0.302 e. The van der Waals surface area contributed by atoms with Gasteiger partial charge in [0, 0.05) is 18.5 Å². The third-order valence-electron chi connectivity index (χ3n) is 3.17. The highest BCUT2D eigenvalue weighted by Crippen LogP contribution is 2.07. The van der Waals surface area contributed by atoms with Crippen LogP contribution in [-0.4, -0.2) is 30.3 Å². The van der Waals surface area contributed by atoms with E-state index in [1.54, 1.807) is 0 Å². The Morgan fingerprint density at radius 1 is 1.37 bits per heavy atom. The molecule has 0 radical (unpaired) electrons. The Morgan fingerprint density at radius 3 is 2.63 bits per heavy atom. The highest BCUT2D eigenvalue weighted by Gasteiger charge is 2.09. The van der Waals surface area contributed by atoms with Gasteiger partial charge in [-0.2, -0.15) is 5.26 Å². The van der Waals surface area contributed by atoms with Crippen LogP contribution in [0.1, 0.15) is 37.0 Å². The molecule has 1 aromatic carbocycles. The number of carbonyl (C=O) groups is 1. The summed E-state index contributed by atoms with van der Waals surface area (Å²) in [6.07, 6.45) is 1.42. The molecule has 3 nitrogen and oxygen atoms in total. The van der Waals surface area contributed by atoms with Gasteiger partial charge in [-0.25, -0.2) is 0 Å². The van der Waals surface area contributed by atoms with Gasteiger partial charge in [0.2, 0.25) is 0 Å². The van der Waals surface area contributed by atoms with E-state index >= 15 is 0 Å². The van der Waals surface area contributed by atoms with Gasteiger partial charge >= 0.3 is 0 Å². The molecule has 0 spiro atoms. The Hall–Kier alpha value is -1.66. The number of rotatable bonds is 8. The minimum Gasteiger partial charge on any atom is -0.302 e. The molecule has 0 saturated carbocycles. The molecule has 0 saturated heterocycles. The summed E-state index contributed by atoms with van der Waals surface area (Å²) in [5.74, 6) is 0.245. The standard InChI is InChI=1S/C16H22N2O/c1-3-18(13-14(2)12-17)11-7-10-16(19)15-8-5-4-6-9-15/h4-6,8-9,14H,3,7,10-11,13H2,1-2H3. The summed E-state index contributed by atoms with van der Waals surface area (Å²) in [6, 6.07) is 11.7. The van der Waals surface area contributed by atoms with Crippen molar-refractivity contribution in [3.05, 3.63) is 35.9 Å². The zero-order valence-electron chi connectivity index (χ0n) is 11.8. The van der Waals surface area contributed by atoms with Crippen LogP contribution in [0.5, 0.6) is 0 Å². The maximum atomic E-state index is 11.9. The molecule has 0 aliphatic carbocycles. The lowest BCUT2D eigenvalue weighted by atomic mass is 10.1. The number of ketones is 1. The normalized spacial score (nSPS) is 12.1. The molecule has 3 heteroatoms. The fourth-order valence-corrected chi connectivity index (χ4v) is 2.04. The van der Waals surface area contributed by atoms with Crippen LogP contribution in [0.3, 0.4) is 0 Å². The monoisotopic (exact) mass is 258 g/mol. The van der Waals surface area contributed by atoms with E-state index in [2.05, 4.69) is 17.9 Å². The maximum absolute atomic E-state index is 11.9. The summed E-state index contributed by atoms with van der Waals surface area (Å²) in [5.41, 5.74) is 0.788. The molecule has 0 heterocycles. The number of nitrogens with zero attached hydrogens (tertiary/aromatic N) is 2. The van der Waals surface area contributed by atoms with E-state index in [1.165, 1.54) is 0 Å². The Kier molecular flexibility index (Phi) is 6.84. The van der Waals surface area contributed by atoms with Crippen LogP contribution in [0.15, 0.2) is 30.3 Å². The Balaban J connectivity index is 2.33. The van der Waals surface area contributed by atoms with Crippen molar-refractivity contribution < 1.29 is 4.79 Å². The molecular formula is C16H22N2O. The predicted molar refractivity (Wildman–Crippen MR) is 76.9 cm³/mol. The molecule has 0 fully saturated rings. The van der Waals surface area contributed by atoms with E-state index in [-0.39, 0.29) is 11.7 Å². The van der Waals surface area contributed by atoms with Crippen molar-refractivity contribution in [2.24, 2.45) is 5.92 Å². The molecule has 1 rings (SSSR count). The van der Waals surface area contributed by atoms with Crippen molar-refractivity contribution in [2.45, 2.75) is 26.7 Å². The summed E-state index contributed by atoms with van der Waals surface area (Å²) in [5, 5.41) is 8.81. The van der Waals surface area contributed by atoms with Crippen molar-refractivity contribution in [1.29, 1.82) is 5.26 Å². The number of benzene rings is 1. The zero-order chi connectivity index (χ0) is 14.1. The van der Waals surface area contributed by atoms with Crippen LogP contribution in [0.4, 0.5) is 0 Å². The van der Waals surface area contributed by atoms with Gasteiger partial charge in [0.1, 0.15) is 0 Å². The van der Waals surface area contributed by atoms with Crippen LogP contribution in [0.25, 0.3) is 0 Å². The second-order valence-corrected chi connectivity index (χ2v) is 4.82. The summed E-state index contributed by atoms with van der Waals surface area (Å²) >= 11 is 0. The molecule has 0 aromatic heterocycles. The molecule has 1 unspecified atom stereocenters. The van der Waals surface area contributed by atoms with Crippen molar-refractivity contribution in [3.63, 3.8) is 0 Å². The van der Waals surface area contributed by atoms with E-state index in [1.807, 2.05) is 37.3 Å². The number of hydrogen-bond donors (Lipinski definition) is 0. The summed E-state index contributed by atoms with van der Waals surface area (Å²) in [4.78, 5) is 14.2. The number of nitriles is 1. The summed E-state index contributed by atoms with van der Waals surface area (Å²) < 4.78 is 0. The first-order valence-corrected chi connectivity index (χ1v) is 6.87. The molecule has 0 aliphatic heterocycles. The highest BCUT2D eigenvalue weighted by atomic mass is 16.1. The Bertz CT molecular complexity index is 422. The Morgan fingerprint density at radius 2 is 2.05 bits per heavy atom. The number of hydrogen-bond acceptors (Lipinski definition) is 3. The summed E-state index contributed by atoms with van der Waals surface area (Å²) in [7, 11) is 0. The van der Waals surface area contributed by atoms with E-state index in [9.17, 15) is 4.79 Å². The van der Waals surface area contributed by atoms with Crippen LogP contribution in [-0.2, 0) is 0 Å². The minimum atomic E-state index is 0.0461. The third-order valence-corrected chi connectivity index (χ3v) is 3.17. The van der Waals surface area contributed by atoms with Gasteiger partial charge in [-0.3, -0.25) is 4.79 Å². The lowest BCUT2D eigenvalue weighted by Gasteiger charge is -2.21. The Labute approximate surface area is 115 Å². The topological polar surface area (TPSA) is 44.1 Å². The average molecular weight is 258 g/mol. The maximum Gasteiger partial charge on any atom is 0.162 e. The van der Waals surface area contributed by atoms with Gasteiger partial charge in [-0.05, 0) is 26.4 Å². The molecule has 1 atom stereocenters. The van der Waals surface area contributed by atoms with Crippen LogP contribution < -0.4 is 0 Å². The second kappa shape index (κ2) is 8.44. The quantitative estimate of drug-likeness (QED) is 0.673. The molecule has 0 N–H and O–H groups in total. The molecule has 0 bridgehead atoms. The van der Waals surface area contributed by atoms with Crippen LogP contribution >= 0.6 is 0 Å². The third kappa shape index (κ3) is 5.67. The minimum absolute atomic E-state index is 0.0461. The van der Waals surface area contributed by atoms with Crippen LogP contribution in [0, 0.1) is 17.2 Å². The first kappa shape index (κ1) is 15.4. The molecule has 1 aromatic rings. The smallest absolute Gasteiger partial charge is 0.162 e. The van der Waals surface area contributed by atoms with Crippen molar-refractivity contribution in [1.82, 2.24) is 4.90 Å². The lowest BCUT2D eigenvalue weighted by Crippen LogP contribution is -2.29. The van der Waals surface area contributed by atoms with Gasteiger partial charge < -0.3 is 4.90 Å². The van der Waals surface area contributed by atoms with Gasteiger partial charge in [0.05, 0.1) is 12.0 Å². The van der Waals surface area contributed by atoms with E-state index in [0.29, 0.717) is 6.42 Å². The predicted octanol–water partition coefficient (Wildman–Crippen LogP) is 3.13. The van der Waals surface area contributed by atoms with Gasteiger partial charge in [0.15, 0.2) is 5.78 Å². The summed E-state index contributed by atoms with van der Waals surface area (Å²) in [6.45, 7) is 6.60. The number of carbonyl (C=O) groups excluding carboxylic acids is 1. The average Bonchev–Trinajstić information content (AvgIpc) is 2.46. The number of Topliss-reactive ketones (excluding diaryl/α,β-unsaturated/α-hetero) is 1. The van der Waals surface area contributed by atoms with Crippen molar-refractivity contribution >= 4 is 5.78 Å². The fourth-order valence-electron chi connectivity index (χ4n) is 2.04. The zero-order valence-corrected chi connectivity index (χ0v) is 11.8. The first-order chi connectivity index (χ1) is 9.17.